The van der Waals surface area contributed by atoms with E-state index in [1.54, 1.807) is 0 Å². The maximum atomic E-state index is 13.6. The van der Waals surface area contributed by atoms with Gasteiger partial charge in [-0.3, -0.25) is 5.41 Å². The molecule has 0 bridgehead atoms. The van der Waals surface area contributed by atoms with Crippen LogP contribution < -0.4 is 10.6 Å². The van der Waals surface area contributed by atoms with E-state index in [4.69, 9.17) is 15.9 Å². The molecule has 3 N–H and O–H groups in total. The molecule has 1 aromatic heterocycles. The van der Waals surface area contributed by atoms with Crippen molar-refractivity contribution in [1.29, 1.82) is 5.41 Å². The summed E-state index contributed by atoms with van der Waals surface area (Å²) in [7, 11) is 2.10. The molecule has 1 aliphatic heterocycles. The fourth-order valence-electron chi connectivity index (χ4n) is 5.59. The third kappa shape index (κ3) is 4.28. The monoisotopic (exact) mass is 502 g/mol. The molecule has 6 nitrogen and oxygen atoms in total. The van der Waals surface area contributed by atoms with Crippen molar-refractivity contribution in [2.75, 3.05) is 25.1 Å². The van der Waals surface area contributed by atoms with Crippen molar-refractivity contribution in [3.8, 4) is 0 Å². The SMILES string of the molecule is CN1CC[C@H](COC(=O)c2cc3ccc(C(=N)N)cc3n2Cc2cccc3ccccc23)c2ccccc21. The van der Waals surface area contributed by atoms with Gasteiger partial charge in [0.1, 0.15) is 11.5 Å². The Morgan fingerprint density at radius 3 is 2.63 bits per heavy atom. The van der Waals surface area contributed by atoms with Crippen molar-refractivity contribution >= 4 is 39.2 Å². The number of benzene rings is 4. The number of anilines is 1. The zero-order valence-corrected chi connectivity index (χ0v) is 21.4. The Hall–Kier alpha value is -4.58. The first-order chi connectivity index (χ1) is 18.5. The molecule has 6 heteroatoms. The average molecular weight is 503 g/mol. The van der Waals surface area contributed by atoms with Crippen molar-refractivity contribution in [2.24, 2.45) is 5.73 Å². The molecule has 0 amide bonds. The van der Waals surface area contributed by atoms with E-state index < -0.39 is 0 Å². The Morgan fingerprint density at radius 2 is 1.76 bits per heavy atom. The molecule has 6 rings (SSSR count). The van der Waals surface area contributed by atoms with Crippen LogP contribution >= 0.6 is 0 Å². The third-order valence-corrected chi connectivity index (χ3v) is 7.65. The number of amidine groups is 1. The molecule has 0 radical (unpaired) electrons. The molecule has 4 aromatic carbocycles. The minimum Gasteiger partial charge on any atom is -0.460 e. The van der Waals surface area contributed by atoms with Crippen LogP contribution in [0.3, 0.4) is 0 Å². The highest BCUT2D eigenvalue weighted by atomic mass is 16.5. The summed E-state index contributed by atoms with van der Waals surface area (Å²) in [6.07, 6.45) is 0.932. The highest BCUT2D eigenvalue weighted by Gasteiger charge is 2.25. The number of fused-ring (bicyclic) bond motifs is 3. The summed E-state index contributed by atoms with van der Waals surface area (Å²) < 4.78 is 7.98. The smallest absolute Gasteiger partial charge is 0.355 e. The predicted octanol–water partition coefficient (Wildman–Crippen LogP) is 5.91. The Kier molecular flexibility index (Phi) is 6.08. The quantitative estimate of drug-likeness (QED) is 0.172. The maximum Gasteiger partial charge on any atom is 0.355 e. The van der Waals surface area contributed by atoms with Gasteiger partial charge < -0.3 is 19.9 Å². The fourth-order valence-corrected chi connectivity index (χ4v) is 5.59. The van der Waals surface area contributed by atoms with E-state index in [1.165, 1.54) is 11.3 Å². The molecule has 0 spiro atoms. The average Bonchev–Trinajstić information content (AvgIpc) is 3.30. The van der Waals surface area contributed by atoms with Gasteiger partial charge in [0.15, 0.2) is 0 Å². The molecular formula is C32H30N4O2. The van der Waals surface area contributed by atoms with E-state index in [0.29, 0.717) is 24.4 Å². The second-order valence-electron chi connectivity index (χ2n) is 10.0. The number of nitrogens with zero attached hydrogens (tertiary/aromatic N) is 2. The van der Waals surface area contributed by atoms with E-state index in [0.717, 1.165) is 40.2 Å². The molecule has 5 aromatic rings. The molecule has 1 aliphatic rings. The molecule has 2 heterocycles. The molecule has 1 atom stereocenters. The summed E-state index contributed by atoms with van der Waals surface area (Å²) in [5, 5.41) is 11.1. The zero-order chi connectivity index (χ0) is 26.2. The van der Waals surface area contributed by atoms with Gasteiger partial charge in [-0.1, -0.05) is 72.8 Å². The van der Waals surface area contributed by atoms with Crippen LogP contribution in [0, 0.1) is 5.41 Å². The second kappa shape index (κ2) is 9.71. The number of para-hydroxylation sites is 1. The summed E-state index contributed by atoms with van der Waals surface area (Å²) in [6, 6.07) is 30.3. The number of nitrogens with one attached hydrogen (secondary N) is 1. The number of carbonyl (C=O) groups excluding carboxylic acids is 1. The van der Waals surface area contributed by atoms with Crippen LogP contribution in [0.15, 0.2) is 91.0 Å². The number of esters is 1. The number of nitrogen functional groups attached to an aromatic ring is 1. The first-order valence-electron chi connectivity index (χ1n) is 12.9. The molecule has 190 valence electrons. The van der Waals surface area contributed by atoms with E-state index in [1.807, 2.05) is 59.2 Å². The number of nitrogens with two attached hydrogens (primary N) is 1. The minimum atomic E-state index is -0.345. The first kappa shape index (κ1) is 23.8. The normalized spacial score (nSPS) is 15.0. The topological polar surface area (TPSA) is 84.3 Å². The van der Waals surface area contributed by atoms with Crippen molar-refractivity contribution in [2.45, 2.75) is 18.9 Å². The molecule has 0 aliphatic carbocycles. The summed E-state index contributed by atoms with van der Waals surface area (Å²) in [4.78, 5) is 15.9. The van der Waals surface area contributed by atoms with Crippen LogP contribution in [0.4, 0.5) is 5.69 Å². The summed E-state index contributed by atoms with van der Waals surface area (Å²) in [5.41, 5.74) is 11.3. The van der Waals surface area contributed by atoms with E-state index in [2.05, 4.69) is 48.3 Å². The maximum absolute atomic E-state index is 13.6. The van der Waals surface area contributed by atoms with Crippen LogP contribution in [0.25, 0.3) is 21.7 Å². The molecule has 0 saturated carbocycles. The van der Waals surface area contributed by atoms with Gasteiger partial charge in [-0.25, -0.2) is 4.79 Å². The van der Waals surface area contributed by atoms with E-state index in [9.17, 15) is 4.79 Å². The third-order valence-electron chi connectivity index (χ3n) is 7.65. The van der Waals surface area contributed by atoms with Gasteiger partial charge in [0.05, 0.1) is 6.61 Å². The van der Waals surface area contributed by atoms with Crippen molar-refractivity contribution in [3.05, 3.63) is 113 Å². The van der Waals surface area contributed by atoms with Crippen molar-refractivity contribution < 1.29 is 9.53 Å². The Morgan fingerprint density at radius 1 is 0.974 bits per heavy atom. The lowest BCUT2D eigenvalue weighted by atomic mass is 9.91. The lowest BCUT2D eigenvalue weighted by Crippen LogP contribution is -2.29. The Labute approximate surface area is 221 Å². The number of ether oxygens (including phenoxy) is 1. The van der Waals surface area contributed by atoms with Gasteiger partial charge in [-0.05, 0) is 46.5 Å². The molecule has 0 saturated heterocycles. The lowest BCUT2D eigenvalue weighted by Gasteiger charge is -2.32. The summed E-state index contributed by atoms with van der Waals surface area (Å²) in [5.74, 6) is -0.191. The van der Waals surface area contributed by atoms with Crippen LogP contribution in [-0.4, -0.2) is 36.6 Å². The van der Waals surface area contributed by atoms with Gasteiger partial charge in [-0.2, -0.15) is 0 Å². The summed E-state index contributed by atoms with van der Waals surface area (Å²) in [6.45, 7) is 1.75. The number of hydrogen-bond acceptors (Lipinski definition) is 4. The minimum absolute atomic E-state index is 0.00475. The molecular weight excluding hydrogens is 472 g/mol. The van der Waals surface area contributed by atoms with Gasteiger partial charge in [0.2, 0.25) is 0 Å². The first-order valence-corrected chi connectivity index (χ1v) is 12.9. The van der Waals surface area contributed by atoms with Crippen LogP contribution in [0.1, 0.15) is 39.5 Å². The van der Waals surface area contributed by atoms with E-state index in [-0.39, 0.29) is 17.7 Å². The van der Waals surface area contributed by atoms with Crippen LogP contribution in [-0.2, 0) is 11.3 Å². The van der Waals surface area contributed by atoms with Gasteiger partial charge in [0, 0.05) is 48.2 Å². The largest absolute Gasteiger partial charge is 0.460 e. The van der Waals surface area contributed by atoms with Crippen LogP contribution in [0.2, 0.25) is 0 Å². The summed E-state index contributed by atoms with van der Waals surface area (Å²) >= 11 is 0. The fraction of sp³-hybridized carbons (Fsp3) is 0.188. The standard InChI is InChI=1S/C32H30N4O2/c1-35-16-15-25(27-11-4-5-12-28(27)35)20-38-32(37)30-17-22-13-14-23(31(33)34)18-29(22)36(30)19-24-9-6-8-21-7-2-3-10-26(21)24/h2-14,17-18,25H,15-16,19-20H2,1H3,(H3,33,34)/t25-/m1/s1. The molecule has 0 fully saturated rings. The molecule has 0 unspecified atom stereocenters. The van der Waals surface area contributed by atoms with Crippen molar-refractivity contribution in [3.63, 3.8) is 0 Å². The van der Waals surface area contributed by atoms with Gasteiger partial charge in [0.25, 0.3) is 0 Å². The van der Waals surface area contributed by atoms with E-state index >= 15 is 0 Å². The second-order valence-corrected chi connectivity index (χ2v) is 10.0. The number of rotatable bonds is 6. The van der Waals surface area contributed by atoms with Gasteiger partial charge >= 0.3 is 5.97 Å². The molecule has 38 heavy (non-hydrogen) atoms. The zero-order valence-electron chi connectivity index (χ0n) is 21.4. The highest BCUT2D eigenvalue weighted by molar-refractivity contribution is 6.01. The van der Waals surface area contributed by atoms with Crippen molar-refractivity contribution in [1.82, 2.24) is 4.57 Å². The number of hydrogen-bond donors (Lipinski definition) is 2. The number of carbonyl (C=O) groups is 1. The van der Waals surface area contributed by atoms with Crippen LogP contribution in [0.5, 0.6) is 0 Å². The Balaban J connectivity index is 1.36. The Bertz CT molecular complexity index is 1680. The highest BCUT2D eigenvalue weighted by Crippen LogP contribution is 2.35. The predicted molar refractivity (Wildman–Crippen MR) is 153 cm³/mol. The number of aromatic nitrogens is 1. The lowest BCUT2D eigenvalue weighted by molar-refractivity contribution is 0.0463. The van der Waals surface area contributed by atoms with Gasteiger partial charge in [-0.15, -0.1) is 0 Å².